The van der Waals surface area contributed by atoms with Gasteiger partial charge in [-0.05, 0) is 58.3 Å². The second-order valence-corrected chi connectivity index (χ2v) is 7.97. The number of methoxy groups -OCH3 is 1. The molecule has 1 N–H and O–H groups in total. The zero-order chi connectivity index (χ0) is 20.0. The summed E-state index contributed by atoms with van der Waals surface area (Å²) in [4.78, 5) is 7.33. The first-order valence-electron chi connectivity index (χ1n) is 11.5. The molecule has 6 heteroatoms. The van der Waals surface area contributed by atoms with Crippen LogP contribution < -0.4 is 5.32 Å². The van der Waals surface area contributed by atoms with Gasteiger partial charge in [-0.2, -0.15) is 0 Å². The van der Waals surface area contributed by atoms with Crippen molar-refractivity contribution in [3.63, 3.8) is 0 Å². The van der Waals surface area contributed by atoms with E-state index in [1.165, 1.54) is 25.7 Å². The van der Waals surface area contributed by atoms with Gasteiger partial charge in [-0.1, -0.05) is 12.8 Å². The van der Waals surface area contributed by atoms with Crippen LogP contribution >= 0.6 is 0 Å². The molecule has 164 valence electrons. The van der Waals surface area contributed by atoms with Gasteiger partial charge in [0.15, 0.2) is 5.96 Å². The highest BCUT2D eigenvalue weighted by Gasteiger charge is 2.25. The van der Waals surface area contributed by atoms with E-state index in [2.05, 4.69) is 24.1 Å². The lowest BCUT2D eigenvalue weighted by molar-refractivity contribution is 0.00975. The van der Waals surface area contributed by atoms with Crippen LogP contribution in [-0.4, -0.2) is 76.2 Å². The van der Waals surface area contributed by atoms with Gasteiger partial charge in [0.2, 0.25) is 0 Å². The van der Waals surface area contributed by atoms with Crippen molar-refractivity contribution >= 4 is 5.96 Å². The SMILES string of the molecule is CCNC(=NCCC(OCC)C1CCCC1)N1CCC(OCCCOC)CC1. The van der Waals surface area contributed by atoms with Gasteiger partial charge >= 0.3 is 0 Å². The Morgan fingerprint density at radius 2 is 1.86 bits per heavy atom. The van der Waals surface area contributed by atoms with E-state index < -0.39 is 0 Å². The largest absolute Gasteiger partial charge is 0.385 e. The fraction of sp³-hybridized carbons (Fsp3) is 0.955. The van der Waals surface area contributed by atoms with Crippen LogP contribution in [0.15, 0.2) is 4.99 Å². The highest BCUT2D eigenvalue weighted by molar-refractivity contribution is 5.80. The number of hydrogen-bond acceptors (Lipinski definition) is 4. The Morgan fingerprint density at radius 3 is 2.50 bits per heavy atom. The van der Waals surface area contributed by atoms with Crippen LogP contribution in [0.2, 0.25) is 0 Å². The third-order valence-electron chi connectivity index (χ3n) is 5.90. The van der Waals surface area contributed by atoms with Crippen LogP contribution in [0.5, 0.6) is 0 Å². The smallest absolute Gasteiger partial charge is 0.193 e. The Kier molecular flexibility index (Phi) is 11.9. The van der Waals surface area contributed by atoms with Gasteiger partial charge < -0.3 is 24.4 Å². The maximum absolute atomic E-state index is 6.05. The van der Waals surface area contributed by atoms with Crippen molar-refractivity contribution in [3.05, 3.63) is 0 Å². The van der Waals surface area contributed by atoms with E-state index >= 15 is 0 Å². The summed E-state index contributed by atoms with van der Waals surface area (Å²) >= 11 is 0. The Hall–Kier alpha value is -0.850. The van der Waals surface area contributed by atoms with Gasteiger partial charge in [0.05, 0.1) is 12.2 Å². The molecule has 0 radical (unpaired) electrons. The zero-order valence-corrected chi connectivity index (χ0v) is 18.5. The first-order valence-corrected chi connectivity index (χ1v) is 11.5. The molecule has 0 spiro atoms. The lowest BCUT2D eigenvalue weighted by Gasteiger charge is -2.34. The van der Waals surface area contributed by atoms with Crippen LogP contribution in [0.3, 0.4) is 0 Å². The number of likely N-dealkylation sites (tertiary alicyclic amines) is 1. The molecule has 0 aromatic rings. The Morgan fingerprint density at radius 1 is 1.11 bits per heavy atom. The molecule has 2 rings (SSSR count). The third-order valence-corrected chi connectivity index (χ3v) is 5.90. The van der Waals surface area contributed by atoms with Crippen LogP contribution in [0, 0.1) is 5.92 Å². The molecule has 1 aliphatic carbocycles. The molecule has 1 unspecified atom stereocenters. The fourth-order valence-electron chi connectivity index (χ4n) is 4.41. The summed E-state index contributed by atoms with van der Waals surface area (Å²) in [6.07, 6.45) is 10.3. The Labute approximate surface area is 172 Å². The number of aliphatic imine (C=N–C) groups is 1. The molecule has 0 amide bonds. The number of nitrogens with one attached hydrogen (secondary N) is 1. The summed E-state index contributed by atoms with van der Waals surface area (Å²) in [5.41, 5.74) is 0. The molecule has 2 fully saturated rings. The zero-order valence-electron chi connectivity index (χ0n) is 18.5. The van der Waals surface area contributed by atoms with Gasteiger partial charge in [0.1, 0.15) is 0 Å². The number of rotatable bonds is 12. The molecular formula is C22H43N3O3. The van der Waals surface area contributed by atoms with Gasteiger partial charge in [0, 0.05) is 53.1 Å². The van der Waals surface area contributed by atoms with Crippen molar-refractivity contribution in [2.45, 2.75) is 77.4 Å². The molecule has 2 aliphatic rings. The first-order chi connectivity index (χ1) is 13.8. The van der Waals surface area contributed by atoms with Crippen LogP contribution in [0.4, 0.5) is 0 Å². The Balaban J connectivity index is 1.76. The fourth-order valence-corrected chi connectivity index (χ4v) is 4.41. The minimum absolute atomic E-state index is 0.376. The van der Waals surface area contributed by atoms with Crippen LogP contribution in [-0.2, 0) is 14.2 Å². The van der Waals surface area contributed by atoms with Gasteiger partial charge in [-0.25, -0.2) is 0 Å². The topological polar surface area (TPSA) is 55.3 Å². The predicted molar refractivity (Wildman–Crippen MR) is 115 cm³/mol. The monoisotopic (exact) mass is 397 g/mol. The number of piperidine rings is 1. The molecule has 1 aliphatic heterocycles. The average molecular weight is 398 g/mol. The summed E-state index contributed by atoms with van der Waals surface area (Å²) in [6.45, 7) is 10.4. The number of hydrogen-bond donors (Lipinski definition) is 1. The first kappa shape index (κ1) is 23.4. The van der Waals surface area contributed by atoms with Crippen molar-refractivity contribution < 1.29 is 14.2 Å². The lowest BCUT2D eigenvalue weighted by Crippen LogP contribution is -2.47. The maximum atomic E-state index is 6.05. The summed E-state index contributed by atoms with van der Waals surface area (Å²) in [6, 6.07) is 0. The molecule has 1 saturated heterocycles. The maximum Gasteiger partial charge on any atom is 0.193 e. The van der Waals surface area contributed by atoms with Crippen molar-refractivity contribution in [1.29, 1.82) is 0 Å². The van der Waals surface area contributed by atoms with E-state index in [4.69, 9.17) is 19.2 Å². The van der Waals surface area contributed by atoms with Crippen molar-refractivity contribution in [2.75, 3.05) is 53.1 Å². The summed E-state index contributed by atoms with van der Waals surface area (Å²) in [5, 5.41) is 3.48. The molecule has 1 saturated carbocycles. The predicted octanol–water partition coefficient (Wildman–Crippen LogP) is 3.45. The van der Waals surface area contributed by atoms with Crippen molar-refractivity contribution in [3.8, 4) is 0 Å². The molecule has 0 bridgehead atoms. The lowest BCUT2D eigenvalue weighted by atomic mass is 9.98. The van der Waals surface area contributed by atoms with Gasteiger partial charge in [0.25, 0.3) is 0 Å². The number of ether oxygens (including phenoxy) is 3. The molecule has 0 aromatic heterocycles. The molecule has 28 heavy (non-hydrogen) atoms. The average Bonchev–Trinajstić information content (AvgIpc) is 3.25. The number of nitrogens with zero attached hydrogens (tertiary/aromatic N) is 2. The molecule has 6 nitrogen and oxygen atoms in total. The van der Waals surface area contributed by atoms with Gasteiger partial charge in [-0.3, -0.25) is 4.99 Å². The standard InChI is InChI=1S/C22H43N3O3/c1-4-23-22(24-14-11-21(27-5-2)19-9-6-7-10-19)25-15-12-20(13-16-25)28-18-8-17-26-3/h19-21H,4-18H2,1-3H3,(H,23,24). The summed E-state index contributed by atoms with van der Waals surface area (Å²) < 4.78 is 17.1. The third kappa shape index (κ3) is 8.26. The second-order valence-electron chi connectivity index (χ2n) is 7.97. The highest BCUT2D eigenvalue weighted by atomic mass is 16.5. The van der Waals surface area contributed by atoms with Crippen LogP contribution in [0.25, 0.3) is 0 Å². The van der Waals surface area contributed by atoms with Crippen LogP contribution in [0.1, 0.15) is 65.2 Å². The van der Waals surface area contributed by atoms with E-state index in [0.29, 0.717) is 12.2 Å². The van der Waals surface area contributed by atoms with E-state index in [9.17, 15) is 0 Å². The van der Waals surface area contributed by atoms with Crippen molar-refractivity contribution in [2.24, 2.45) is 10.9 Å². The summed E-state index contributed by atoms with van der Waals surface area (Å²) in [5.74, 6) is 1.80. The second kappa shape index (κ2) is 14.2. The molecule has 1 atom stereocenters. The van der Waals surface area contributed by atoms with Gasteiger partial charge in [-0.15, -0.1) is 0 Å². The van der Waals surface area contributed by atoms with E-state index in [1.807, 2.05) is 0 Å². The quantitative estimate of drug-likeness (QED) is 0.310. The minimum atomic E-state index is 0.376. The number of guanidine groups is 1. The summed E-state index contributed by atoms with van der Waals surface area (Å²) in [7, 11) is 1.74. The van der Waals surface area contributed by atoms with E-state index in [1.54, 1.807) is 7.11 Å². The molecule has 1 heterocycles. The van der Waals surface area contributed by atoms with E-state index in [-0.39, 0.29) is 0 Å². The minimum Gasteiger partial charge on any atom is -0.385 e. The van der Waals surface area contributed by atoms with Crippen molar-refractivity contribution in [1.82, 2.24) is 10.2 Å². The van der Waals surface area contributed by atoms with E-state index in [0.717, 1.165) is 83.6 Å². The molecule has 0 aromatic carbocycles. The molecular weight excluding hydrogens is 354 g/mol. The normalized spacial score (nSPS) is 20.7. The highest BCUT2D eigenvalue weighted by Crippen LogP contribution is 2.30. The Bertz CT molecular complexity index is 419.